The van der Waals surface area contributed by atoms with Gasteiger partial charge in [-0.25, -0.2) is 4.79 Å². The predicted octanol–water partition coefficient (Wildman–Crippen LogP) is 3.36. The highest BCUT2D eigenvalue weighted by Gasteiger charge is 2.26. The monoisotopic (exact) mass is 359 g/mol. The average molecular weight is 360 g/mol. The topological polar surface area (TPSA) is 61.4 Å². The Morgan fingerprint density at radius 2 is 1.72 bits per heavy atom. The molecule has 0 heterocycles. The Kier molecular flexibility index (Phi) is 6.98. The van der Waals surface area contributed by atoms with Gasteiger partial charge in [0.05, 0.1) is 0 Å². The van der Waals surface area contributed by atoms with Crippen LogP contribution in [-0.2, 0) is 11.3 Å². The molecule has 2 aromatic carbocycles. The number of hydrogen-bond donors (Lipinski definition) is 2. The van der Waals surface area contributed by atoms with Crippen LogP contribution in [0.5, 0.6) is 0 Å². The van der Waals surface area contributed by atoms with Crippen LogP contribution in [-0.4, -0.2) is 30.4 Å². The number of urea groups is 1. The smallest absolute Gasteiger partial charge is 0.321 e. The molecule has 0 saturated heterocycles. The molecule has 25 heavy (non-hydrogen) atoms. The third-order valence-electron chi connectivity index (χ3n) is 3.72. The van der Waals surface area contributed by atoms with E-state index in [-0.39, 0.29) is 5.91 Å². The van der Waals surface area contributed by atoms with Gasteiger partial charge in [-0.1, -0.05) is 54.1 Å². The minimum atomic E-state index is -0.584. The Bertz CT molecular complexity index is 704. The molecular formula is C19H22ClN3O2. The molecule has 0 bridgehead atoms. The summed E-state index contributed by atoms with van der Waals surface area (Å²) in [7, 11) is 1.85. The SMILES string of the molecule is CCNC(=O)NC(=O)[C@H](c1ccccc1)N(C)Cc1ccc(Cl)cc1. The minimum absolute atomic E-state index is 0.367. The highest BCUT2D eigenvalue weighted by Crippen LogP contribution is 2.22. The van der Waals surface area contributed by atoms with Crippen molar-refractivity contribution < 1.29 is 9.59 Å². The fraction of sp³-hybridized carbons (Fsp3) is 0.263. The van der Waals surface area contributed by atoms with Crippen LogP contribution in [0.25, 0.3) is 0 Å². The minimum Gasteiger partial charge on any atom is -0.338 e. The third kappa shape index (κ3) is 5.59. The molecule has 2 rings (SSSR count). The third-order valence-corrected chi connectivity index (χ3v) is 3.98. The average Bonchev–Trinajstić information content (AvgIpc) is 2.58. The van der Waals surface area contributed by atoms with Crippen molar-refractivity contribution in [2.45, 2.75) is 19.5 Å². The molecule has 0 fully saturated rings. The van der Waals surface area contributed by atoms with Gasteiger partial charge in [-0.3, -0.25) is 15.0 Å². The van der Waals surface area contributed by atoms with E-state index in [1.165, 1.54) is 0 Å². The summed E-state index contributed by atoms with van der Waals surface area (Å²) in [6, 6.07) is 15.8. The molecule has 0 saturated carbocycles. The van der Waals surface area contributed by atoms with Crippen molar-refractivity contribution in [1.82, 2.24) is 15.5 Å². The maximum atomic E-state index is 12.7. The van der Waals surface area contributed by atoms with Crippen LogP contribution >= 0.6 is 11.6 Å². The van der Waals surface area contributed by atoms with E-state index in [1.807, 2.05) is 66.5 Å². The molecule has 0 aliphatic heterocycles. The Balaban J connectivity index is 2.20. The van der Waals surface area contributed by atoms with Gasteiger partial charge >= 0.3 is 6.03 Å². The van der Waals surface area contributed by atoms with Crippen LogP contribution in [0.1, 0.15) is 24.1 Å². The van der Waals surface area contributed by atoms with Gasteiger partial charge in [0.25, 0.3) is 0 Å². The summed E-state index contributed by atoms with van der Waals surface area (Å²) in [5, 5.41) is 5.64. The molecule has 2 aromatic rings. The first-order valence-corrected chi connectivity index (χ1v) is 8.47. The lowest BCUT2D eigenvalue weighted by molar-refractivity contribution is -0.125. The van der Waals surface area contributed by atoms with Crippen molar-refractivity contribution in [2.75, 3.05) is 13.6 Å². The van der Waals surface area contributed by atoms with Crippen molar-refractivity contribution >= 4 is 23.5 Å². The van der Waals surface area contributed by atoms with E-state index >= 15 is 0 Å². The van der Waals surface area contributed by atoms with Crippen molar-refractivity contribution in [3.05, 3.63) is 70.7 Å². The molecule has 6 heteroatoms. The van der Waals surface area contributed by atoms with Gasteiger partial charge in [0, 0.05) is 18.1 Å². The van der Waals surface area contributed by atoms with E-state index in [0.717, 1.165) is 11.1 Å². The zero-order valence-electron chi connectivity index (χ0n) is 14.3. The quantitative estimate of drug-likeness (QED) is 0.831. The van der Waals surface area contributed by atoms with Crippen LogP contribution in [0.3, 0.4) is 0 Å². The number of nitrogens with one attached hydrogen (secondary N) is 2. The number of carbonyl (C=O) groups excluding carboxylic acids is 2. The molecule has 2 N–H and O–H groups in total. The van der Waals surface area contributed by atoms with Crippen LogP contribution in [0.4, 0.5) is 4.79 Å². The summed E-state index contributed by atoms with van der Waals surface area (Å²) in [5.74, 6) is -0.367. The predicted molar refractivity (Wildman–Crippen MR) is 99.3 cm³/mol. The highest BCUT2D eigenvalue weighted by atomic mass is 35.5. The molecule has 0 aromatic heterocycles. The molecule has 0 aliphatic rings. The first-order valence-electron chi connectivity index (χ1n) is 8.09. The van der Waals surface area contributed by atoms with Crippen molar-refractivity contribution in [3.63, 3.8) is 0 Å². The summed E-state index contributed by atoms with van der Waals surface area (Å²) in [4.78, 5) is 26.3. The van der Waals surface area contributed by atoms with Crippen LogP contribution in [0.2, 0.25) is 5.02 Å². The van der Waals surface area contributed by atoms with Crippen LogP contribution < -0.4 is 10.6 Å². The zero-order valence-corrected chi connectivity index (χ0v) is 15.1. The van der Waals surface area contributed by atoms with Crippen molar-refractivity contribution in [3.8, 4) is 0 Å². The summed E-state index contributed by atoms with van der Waals surface area (Å²) in [6.45, 7) is 2.79. The van der Waals surface area contributed by atoms with E-state index < -0.39 is 12.1 Å². The number of amides is 3. The fourth-order valence-electron chi connectivity index (χ4n) is 2.60. The van der Waals surface area contributed by atoms with Gasteiger partial charge in [0.15, 0.2) is 0 Å². The number of benzene rings is 2. The number of carbonyl (C=O) groups is 2. The Morgan fingerprint density at radius 1 is 1.08 bits per heavy atom. The second-order valence-electron chi connectivity index (χ2n) is 5.70. The lowest BCUT2D eigenvalue weighted by Gasteiger charge is -2.27. The largest absolute Gasteiger partial charge is 0.338 e. The fourth-order valence-corrected chi connectivity index (χ4v) is 2.72. The standard InChI is InChI=1S/C19H22ClN3O2/c1-3-21-19(25)22-18(24)17(15-7-5-4-6-8-15)23(2)13-14-9-11-16(20)12-10-14/h4-12,17H,3,13H2,1-2H3,(H2,21,22,24,25)/t17-/m0/s1. The molecule has 0 unspecified atom stereocenters. The van der Waals surface area contributed by atoms with E-state index in [1.54, 1.807) is 6.92 Å². The Hall–Kier alpha value is -2.37. The van der Waals surface area contributed by atoms with Gasteiger partial charge in [0.1, 0.15) is 6.04 Å². The van der Waals surface area contributed by atoms with Gasteiger partial charge in [-0.2, -0.15) is 0 Å². The molecule has 132 valence electrons. The lowest BCUT2D eigenvalue weighted by Crippen LogP contribution is -2.45. The second-order valence-corrected chi connectivity index (χ2v) is 6.14. The molecular weight excluding hydrogens is 338 g/mol. The Labute approximate surface area is 153 Å². The van der Waals surface area contributed by atoms with Crippen LogP contribution in [0, 0.1) is 0 Å². The number of nitrogens with zero attached hydrogens (tertiary/aromatic N) is 1. The number of rotatable bonds is 6. The maximum absolute atomic E-state index is 12.7. The van der Waals surface area contributed by atoms with E-state index in [4.69, 9.17) is 11.6 Å². The van der Waals surface area contributed by atoms with Crippen molar-refractivity contribution in [1.29, 1.82) is 0 Å². The van der Waals surface area contributed by atoms with E-state index in [0.29, 0.717) is 18.1 Å². The molecule has 0 radical (unpaired) electrons. The van der Waals surface area contributed by atoms with E-state index in [2.05, 4.69) is 10.6 Å². The zero-order chi connectivity index (χ0) is 18.2. The summed E-state index contributed by atoms with van der Waals surface area (Å²) < 4.78 is 0. The lowest BCUT2D eigenvalue weighted by atomic mass is 10.0. The van der Waals surface area contributed by atoms with Gasteiger partial charge in [-0.15, -0.1) is 0 Å². The van der Waals surface area contributed by atoms with Crippen molar-refractivity contribution in [2.24, 2.45) is 0 Å². The summed E-state index contributed by atoms with van der Waals surface area (Å²) >= 11 is 5.92. The maximum Gasteiger partial charge on any atom is 0.321 e. The normalized spacial score (nSPS) is 11.8. The van der Waals surface area contributed by atoms with E-state index in [9.17, 15) is 9.59 Å². The van der Waals surface area contributed by atoms with Gasteiger partial charge < -0.3 is 5.32 Å². The van der Waals surface area contributed by atoms with Crippen LogP contribution in [0.15, 0.2) is 54.6 Å². The number of likely N-dealkylation sites (N-methyl/N-ethyl adjacent to an activating group) is 1. The number of hydrogen-bond acceptors (Lipinski definition) is 3. The Morgan fingerprint density at radius 3 is 2.32 bits per heavy atom. The second kappa shape index (κ2) is 9.20. The van der Waals surface area contributed by atoms with Gasteiger partial charge in [0.2, 0.25) is 5.91 Å². The number of halogens is 1. The summed E-state index contributed by atoms with van der Waals surface area (Å²) in [5.41, 5.74) is 1.85. The molecule has 0 spiro atoms. The molecule has 1 atom stereocenters. The number of imide groups is 1. The first-order chi connectivity index (χ1) is 12.0. The highest BCUT2D eigenvalue weighted by molar-refractivity contribution is 6.30. The molecule has 5 nitrogen and oxygen atoms in total. The summed E-state index contributed by atoms with van der Waals surface area (Å²) in [6.07, 6.45) is 0. The van der Waals surface area contributed by atoms with Gasteiger partial charge in [-0.05, 0) is 37.2 Å². The molecule has 3 amide bonds. The first kappa shape index (κ1) is 19.0. The molecule has 0 aliphatic carbocycles.